The van der Waals surface area contributed by atoms with Crippen LogP contribution in [0.5, 0.6) is 0 Å². The number of β-amino-alcohol motifs (C(OH)–C–C–N with tert-alkyl or cyclic N) is 2. The molecule has 0 radical (unpaired) electrons. The van der Waals surface area contributed by atoms with Crippen LogP contribution in [0.3, 0.4) is 0 Å². The van der Waals surface area contributed by atoms with Crippen LogP contribution in [-0.4, -0.2) is 54.8 Å². The predicted octanol–water partition coefficient (Wildman–Crippen LogP) is -1.02. The number of sulfonamides is 1. The van der Waals surface area contributed by atoms with E-state index in [9.17, 15) is 18.6 Å². The number of hydrogen-bond donors (Lipinski definition) is 3. The van der Waals surface area contributed by atoms with Crippen molar-refractivity contribution in [2.45, 2.75) is 22.8 Å². The van der Waals surface area contributed by atoms with E-state index in [4.69, 9.17) is 5.73 Å². The van der Waals surface area contributed by atoms with Gasteiger partial charge in [-0.05, 0) is 25.1 Å². The van der Waals surface area contributed by atoms with Crippen LogP contribution in [0.4, 0.5) is 0 Å². The van der Waals surface area contributed by atoms with Crippen molar-refractivity contribution in [3.8, 4) is 0 Å². The third-order valence-corrected chi connectivity index (χ3v) is 6.29. The number of thiophene rings is 1. The lowest BCUT2D eigenvalue weighted by molar-refractivity contribution is 0.0572. The maximum absolute atomic E-state index is 12.2. The highest BCUT2D eigenvalue weighted by atomic mass is 32.2. The van der Waals surface area contributed by atoms with Gasteiger partial charge in [-0.25, -0.2) is 8.42 Å². The van der Waals surface area contributed by atoms with Gasteiger partial charge in [-0.15, -0.1) is 11.3 Å². The molecule has 1 aromatic heterocycles. The minimum atomic E-state index is -3.61. The molecule has 1 aliphatic rings. The number of nitrogens with zero attached hydrogens (tertiary/aromatic N) is 1. The van der Waals surface area contributed by atoms with E-state index < -0.39 is 22.2 Å². The Hall–Kier alpha value is -0.510. The summed E-state index contributed by atoms with van der Waals surface area (Å²) in [5, 5.41) is 18.8. The second-order valence-electron chi connectivity index (χ2n) is 4.22. The standard InChI is InChI=1S/C10H16N2O4S2/c11-4-3-7-1-2-10(17-7)18(15,16)12-5-8(13)9(14)6-12/h1-2,8-9,13-14H,3-6,11H2. The van der Waals surface area contributed by atoms with Crippen LogP contribution >= 0.6 is 11.3 Å². The molecule has 0 aliphatic carbocycles. The summed E-state index contributed by atoms with van der Waals surface area (Å²) in [4.78, 5) is 0.913. The van der Waals surface area contributed by atoms with Crippen LogP contribution in [0.2, 0.25) is 0 Å². The van der Waals surface area contributed by atoms with Crippen molar-refractivity contribution in [1.82, 2.24) is 4.31 Å². The first-order valence-electron chi connectivity index (χ1n) is 5.60. The second kappa shape index (κ2) is 5.24. The molecule has 0 bridgehead atoms. The third-order valence-electron chi connectivity index (χ3n) is 2.85. The number of hydrogen-bond acceptors (Lipinski definition) is 6. The van der Waals surface area contributed by atoms with Gasteiger partial charge in [0.2, 0.25) is 0 Å². The molecule has 8 heteroatoms. The van der Waals surface area contributed by atoms with Crippen LogP contribution in [0, 0.1) is 0 Å². The van der Waals surface area contributed by atoms with Gasteiger partial charge in [-0.3, -0.25) is 0 Å². The van der Waals surface area contributed by atoms with Gasteiger partial charge >= 0.3 is 0 Å². The van der Waals surface area contributed by atoms with Gasteiger partial charge in [-0.2, -0.15) is 4.31 Å². The van der Waals surface area contributed by atoms with E-state index in [-0.39, 0.29) is 17.3 Å². The molecule has 1 saturated heterocycles. The van der Waals surface area contributed by atoms with Gasteiger partial charge in [0.05, 0.1) is 12.2 Å². The van der Waals surface area contributed by atoms with Crippen molar-refractivity contribution in [3.63, 3.8) is 0 Å². The lowest BCUT2D eigenvalue weighted by Crippen LogP contribution is -2.29. The molecule has 2 unspecified atom stereocenters. The van der Waals surface area contributed by atoms with E-state index in [1.54, 1.807) is 12.1 Å². The average molecular weight is 292 g/mol. The highest BCUT2D eigenvalue weighted by molar-refractivity contribution is 7.91. The fourth-order valence-corrected chi connectivity index (χ4v) is 4.83. The second-order valence-corrected chi connectivity index (χ2v) is 7.55. The van der Waals surface area contributed by atoms with Crippen molar-refractivity contribution in [2.75, 3.05) is 19.6 Å². The Morgan fingerprint density at radius 2 is 1.94 bits per heavy atom. The molecule has 0 spiro atoms. The van der Waals surface area contributed by atoms with Crippen LogP contribution in [-0.2, 0) is 16.4 Å². The van der Waals surface area contributed by atoms with Crippen molar-refractivity contribution in [1.29, 1.82) is 0 Å². The summed E-state index contributed by atoms with van der Waals surface area (Å²) in [6.07, 6.45) is -1.38. The van der Waals surface area contributed by atoms with Gasteiger partial charge < -0.3 is 15.9 Å². The van der Waals surface area contributed by atoms with Crippen molar-refractivity contribution >= 4 is 21.4 Å². The SMILES string of the molecule is NCCc1ccc(S(=O)(=O)N2CC(O)C(O)C2)s1. The first-order valence-corrected chi connectivity index (χ1v) is 7.86. The summed E-state index contributed by atoms with van der Waals surface area (Å²) in [7, 11) is -3.61. The normalized spacial score (nSPS) is 25.7. The predicted molar refractivity (Wildman–Crippen MR) is 67.8 cm³/mol. The summed E-state index contributed by atoms with van der Waals surface area (Å²) >= 11 is 1.18. The number of rotatable bonds is 4. The average Bonchev–Trinajstić information content (AvgIpc) is 2.88. The number of nitrogens with two attached hydrogens (primary N) is 1. The minimum Gasteiger partial charge on any atom is -0.389 e. The molecule has 1 aromatic rings. The summed E-state index contributed by atoms with van der Waals surface area (Å²) in [5.41, 5.74) is 5.42. The Morgan fingerprint density at radius 1 is 1.33 bits per heavy atom. The van der Waals surface area contributed by atoms with E-state index in [2.05, 4.69) is 0 Å². The molecule has 18 heavy (non-hydrogen) atoms. The zero-order valence-corrected chi connectivity index (χ0v) is 11.3. The largest absolute Gasteiger partial charge is 0.389 e. The Kier molecular flexibility index (Phi) is 4.05. The highest BCUT2D eigenvalue weighted by Crippen LogP contribution is 2.27. The number of aliphatic hydroxyl groups is 2. The summed E-state index contributed by atoms with van der Waals surface area (Å²) in [5.74, 6) is 0. The summed E-state index contributed by atoms with van der Waals surface area (Å²) in [6.45, 7) is 0.350. The molecule has 2 rings (SSSR count). The molecule has 102 valence electrons. The Labute approximate surface area is 110 Å². The maximum atomic E-state index is 12.2. The molecule has 1 fully saturated rings. The first kappa shape index (κ1) is 13.9. The van der Waals surface area contributed by atoms with E-state index in [1.807, 2.05) is 0 Å². The molecule has 4 N–H and O–H groups in total. The topological polar surface area (TPSA) is 104 Å². The molecule has 6 nitrogen and oxygen atoms in total. The lowest BCUT2D eigenvalue weighted by atomic mass is 10.3. The molecular weight excluding hydrogens is 276 g/mol. The van der Waals surface area contributed by atoms with Crippen molar-refractivity contribution < 1.29 is 18.6 Å². The number of aliphatic hydroxyl groups excluding tert-OH is 2. The molecule has 2 atom stereocenters. The van der Waals surface area contributed by atoms with Gasteiger partial charge in [-0.1, -0.05) is 0 Å². The Bertz CT molecular complexity index is 504. The van der Waals surface area contributed by atoms with Crippen LogP contribution in [0.25, 0.3) is 0 Å². The fraction of sp³-hybridized carbons (Fsp3) is 0.600. The van der Waals surface area contributed by atoms with Gasteiger partial charge in [0.15, 0.2) is 0 Å². The Balaban J connectivity index is 2.20. The smallest absolute Gasteiger partial charge is 0.252 e. The van der Waals surface area contributed by atoms with Gasteiger partial charge in [0, 0.05) is 18.0 Å². The zero-order chi connectivity index (χ0) is 13.3. The van der Waals surface area contributed by atoms with Crippen LogP contribution in [0.1, 0.15) is 4.88 Å². The van der Waals surface area contributed by atoms with E-state index in [0.29, 0.717) is 13.0 Å². The summed E-state index contributed by atoms with van der Waals surface area (Å²) < 4.78 is 25.8. The van der Waals surface area contributed by atoms with E-state index >= 15 is 0 Å². The van der Waals surface area contributed by atoms with Crippen LogP contribution in [0.15, 0.2) is 16.3 Å². The van der Waals surface area contributed by atoms with E-state index in [0.717, 1.165) is 9.18 Å². The third kappa shape index (κ3) is 2.58. The van der Waals surface area contributed by atoms with Crippen molar-refractivity contribution in [3.05, 3.63) is 17.0 Å². The quantitative estimate of drug-likeness (QED) is 0.659. The van der Waals surface area contributed by atoms with E-state index in [1.165, 1.54) is 11.3 Å². The molecular formula is C10H16N2O4S2. The summed E-state index contributed by atoms with van der Waals surface area (Å²) in [6, 6.07) is 3.29. The zero-order valence-electron chi connectivity index (χ0n) is 9.69. The minimum absolute atomic E-state index is 0.0619. The first-order chi connectivity index (χ1) is 8.45. The molecule has 0 amide bonds. The molecule has 1 aliphatic heterocycles. The lowest BCUT2D eigenvalue weighted by Gasteiger charge is -2.13. The molecule has 0 aromatic carbocycles. The fourth-order valence-electron chi connectivity index (χ4n) is 1.83. The monoisotopic (exact) mass is 292 g/mol. The van der Waals surface area contributed by atoms with Gasteiger partial charge in [0.1, 0.15) is 4.21 Å². The Morgan fingerprint density at radius 3 is 2.50 bits per heavy atom. The maximum Gasteiger partial charge on any atom is 0.252 e. The molecule has 0 saturated carbocycles. The van der Waals surface area contributed by atoms with Crippen molar-refractivity contribution in [2.24, 2.45) is 5.73 Å². The molecule has 2 heterocycles. The van der Waals surface area contributed by atoms with Crippen LogP contribution < -0.4 is 5.73 Å². The van der Waals surface area contributed by atoms with Gasteiger partial charge in [0.25, 0.3) is 10.0 Å². The highest BCUT2D eigenvalue weighted by Gasteiger charge is 2.38.